The number of amides is 1. The Labute approximate surface area is 66.1 Å². The molecule has 0 spiro atoms. The summed E-state index contributed by atoms with van der Waals surface area (Å²) in [5, 5.41) is 0. The Morgan fingerprint density at radius 3 is 2.73 bits per heavy atom. The van der Waals surface area contributed by atoms with Crippen molar-refractivity contribution in [3.8, 4) is 0 Å². The number of hydrogen-bond donors (Lipinski definition) is 2. The number of rotatable bonds is 1. The molecular formula is C7H14N2O2. The topological polar surface area (TPSA) is 64.3 Å². The van der Waals surface area contributed by atoms with Crippen molar-refractivity contribution in [2.24, 2.45) is 11.8 Å². The summed E-state index contributed by atoms with van der Waals surface area (Å²) in [6, 6.07) is 0. The minimum Gasteiger partial charge on any atom is -0.375 e. The molecule has 1 fully saturated rings. The van der Waals surface area contributed by atoms with Gasteiger partial charge < -0.3 is 4.74 Å². The number of ether oxygens (including phenoxy) is 1. The van der Waals surface area contributed by atoms with Crippen LogP contribution >= 0.6 is 0 Å². The third-order valence-corrected chi connectivity index (χ3v) is 2.18. The zero-order valence-corrected chi connectivity index (χ0v) is 6.89. The van der Waals surface area contributed by atoms with Crippen LogP contribution in [0.3, 0.4) is 0 Å². The van der Waals surface area contributed by atoms with Gasteiger partial charge in [-0.25, -0.2) is 5.84 Å². The van der Waals surface area contributed by atoms with E-state index in [0.29, 0.717) is 6.61 Å². The summed E-state index contributed by atoms with van der Waals surface area (Å²) in [5.41, 5.74) is 1.79. The largest absolute Gasteiger partial charge is 0.375 e. The van der Waals surface area contributed by atoms with Crippen molar-refractivity contribution < 1.29 is 9.53 Å². The second-order valence-corrected chi connectivity index (χ2v) is 3.30. The van der Waals surface area contributed by atoms with Crippen LogP contribution in [-0.2, 0) is 9.53 Å². The van der Waals surface area contributed by atoms with E-state index in [4.69, 9.17) is 10.6 Å². The Hall–Kier alpha value is -0.610. The molecule has 0 saturated carbocycles. The average Bonchev–Trinajstić information content (AvgIpc) is 2.28. The van der Waals surface area contributed by atoms with Crippen LogP contribution in [0.4, 0.5) is 0 Å². The fourth-order valence-corrected chi connectivity index (χ4v) is 1.44. The third kappa shape index (κ3) is 1.52. The molecule has 3 N–H and O–H groups in total. The van der Waals surface area contributed by atoms with E-state index >= 15 is 0 Å². The zero-order chi connectivity index (χ0) is 8.48. The minimum absolute atomic E-state index is 0.104. The molecule has 0 aromatic heterocycles. The first kappa shape index (κ1) is 8.49. The van der Waals surface area contributed by atoms with Crippen LogP contribution in [0.25, 0.3) is 0 Å². The van der Waals surface area contributed by atoms with E-state index in [1.165, 1.54) is 0 Å². The second-order valence-electron chi connectivity index (χ2n) is 3.30. The lowest BCUT2D eigenvalue weighted by Crippen LogP contribution is -2.43. The highest BCUT2D eigenvalue weighted by Crippen LogP contribution is 2.30. The molecule has 0 radical (unpaired) electrons. The van der Waals surface area contributed by atoms with Gasteiger partial charge in [0.15, 0.2) is 0 Å². The van der Waals surface area contributed by atoms with Gasteiger partial charge in [0.25, 0.3) is 0 Å². The van der Waals surface area contributed by atoms with Crippen molar-refractivity contribution in [2.75, 3.05) is 6.61 Å². The van der Waals surface area contributed by atoms with Crippen LogP contribution in [0.2, 0.25) is 0 Å². The Kier molecular flexibility index (Phi) is 2.15. The summed E-state index contributed by atoms with van der Waals surface area (Å²) in [5.74, 6) is 4.78. The van der Waals surface area contributed by atoms with Crippen LogP contribution in [0.1, 0.15) is 20.3 Å². The molecule has 1 unspecified atom stereocenters. The number of carbonyl (C=O) groups is 1. The maximum absolute atomic E-state index is 11.1. The average molecular weight is 158 g/mol. The van der Waals surface area contributed by atoms with Gasteiger partial charge in [-0.2, -0.15) is 0 Å². The zero-order valence-electron chi connectivity index (χ0n) is 6.89. The van der Waals surface area contributed by atoms with Crippen molar-refractivity contribution in [2.45, 2.75) is 25.9 Å². The predicted molar refractivity (Wildman–Crippen MR) is 40.5 cm³/mol. The highest BCUT2D eigenvalue weighted by atomic mass is 16.5. The van der Waals surface area contributed by atoms with Crippen molar-refractivity contribution >= 4 is 5.91 Å². The molecule has 1 aliphatic rings. The Morgan fingerprint density at radius 1 is 1.73 bits per heavy atom. The van der Waals surface area contributed by atoms with Crippen LogP contribution in [0, 0.1) is 5.92 Å². The summed E-state index contributed by atoms with van der Waals surface area (Å²) in [4.78, 5) is 11.1. The first-order valence-electron chi connectivity index (χ1n) is 3.72. The van der Waals surface area contributed by atoms with Crippen molar-refractivity contribution in [3.05, 3.63) is 0 Å². The molecule has 0 aliphatic carbocycles. The highest BCUT2D eigenvalue weighted by molar-refractivity contribution is 5.79. The third-order valence-electron chi connectivity index (χ3n) is 2.18. The minimum atomic E-state index is -0.358. The summed E-state index contributed by atoms with van der Waals surface area (Å²) in [6.07, 6.45) is 0.760. The summed E-state index contributed by atoms with van der Waals surface area (Å²) in [6.45, 7) is 4.45. The first-order chi connectivity index (χ1) is 5.08. The lowest BCUT2D eigenvalue weighted by Gasteiger charge is -2.23. The molecular weight excluding hydrogens is 144 g/mol. The Balaban J connectivity index is 2.64. The van der Waals surface area contributed by atoms with E-state index in [1.54, 1.807) is 0 Å². The number of nitrogens with two attached hydrogens (primary N) is 1. The number of carbonyl (C=O) groups excluding carboxylic acids is 1. The molecule has 64 valence electrons. The van der Waals surface area contributed by atoms with Gasteiger partial charge in [-0.05, 0) is 20.3 Å². The second kappa shape index (κ2) is 2.79. The Morgan fingerprint density at radius 2 is 2.36 bits per heavy atom. The smallest absolute Gasteiger partial charge is 0.239 e. The van der Waals surface area contributed by atoms with E-state index < -0.39 is 0 Å². The molecule has 0 bridgehead atoms. The van der Waals surface area contributed by atoms with E-state index in [2.05, 4.69) is 5.43 Å². The van der Waals surface area contributed by atoms with Gasteiger partial charge in [-0.3, -0.25) is 10.2 Å². The molecule has 4 nitrogen and oxygen atoms in total. The van der Waals surface area contributed by atoms with Crippen molar-refractivity contribution in [1.29, 1.82) is 0 Å². The standard InChI is InChI=1S/C7H14N2O2/c1-7(2)5(3-4-11-7)6(10)9-8/h5H,3-4,8H2,1-2H3,(H,9,10). The summed E-state index contributed by atoms with van der Waals surface area (Å²) >= 11 is 0. The molecule has 1 rings (SSSR count). The monoisotopic (exact) mass is 158 g/mol. The lowest BCUT2D eigenvalue weighted by molar-refractivity contribution is -0.129. The first-order valence-corrected chi connectivity index (χ1v) is 3.72. The molecule has 1 heterocycles. The fourth-order valence-electron chi connectivity index (χ4n) is 1.44. The van der Waals surface area contributed by atoms with Gasteiger partial charge in [-0.15, -0.1) is 0 Å². The van der Waals surface area contributed by atoms with Crippen molar-refractivity contribution in [3.63, 3.8) is 0 Å². The lowest BCUT2D eigenvalue weighted by atomic mass is 9.90. The molecule has 4 heteroatoms. The molecule has 0 aromatic carbocycles. The van der Waals surface area contributed by atoms with E-state index in [0.717, 1.165) is 6.42 Å². The number of nitrogens with one attached hydrogen (secondary N) is 1. The molecule has 1 saturated heterocycles. The molecule has 1 amide bonds. The van der Waals surface area contributed by atoms with E-state index in [-0.39, 0.29) is 17.4 Å². The maximum atomic E-state index is 11.1. The predicted octanol–water partition coefficient (Wildman–Crippen LogP) is -0.209. The molecule has 11 heavy (non-hydrogen) atoms. The van der Waals surface area contributed by atoms with Crippen molar-refractivity contribution in [1.82, 2.24) is 5.43 Å². The van der Waals surface area contributed by atoms with Crippen LogP contribution in [-0.4, -0.2) is 18.1 Å². The number of hydrazine groups is 1. The van der Waals surface area contributed by atoms with Crippen LogP contribution in [0.15, 0.2) is 0 Å². The van der Waals surface area contributed by atoms with Gasteiger partial charge in [-0.1, -0.05) is 0 Å². The fraction of sp³-hybridized carbons (Fsp3) is 0.857. The quantitative estimate of drug-likeness (QED) is 0.315. The van der Waals surface area contributed by atoms with E-state index in [1.807, 2.05) is 13.8 Å². The summed E-state index contributed by atoms with van der Waals surface area (Å²) < 4.78 is 5.36. The van der Waals surface area contributed by atoms with Gasteiger partial charge in [0, 0.05) is 6.61 Å². The van der Waals surface area contributed by atoms with Gasteiger partial charge in [0.1, 0.15) is 0 Å². The van der Waals surface area contributed by atoms with Gasteiger partial charge >= 0.3 is 0 Å². The SMILES string of the molecule is CC1(C)OCCC1C(=O)NN. The number of hydrogen-bond acceptors (Lipinski definition) is 3. The molecule has 0 aromatic rings. The maximum Gasteiger partial charge on any atom is 0.239 e. The van der Waals surface area contributed by atoms with Crippen LogP contribution < -0.4 is 11.3 Å². The van der Waals surface area contributed by atoms with Crippen LogP contribution in [0.5, 0.6) is 0 Å². The highest BCUT2D eigenvalue weighted by Gasteiger charge is 2.40. The molecule has 1 atom stereocenters. The van der Waals surface area contributed by atoms with E-state index in [9.17, 15) is 4.79 Å². The van der Waals surface area contributed by atoms with Gasteiger partial charge in [0.2, 0.25) is 5.91 Å². The normalized spacial score (nSPS) is 28.5. The van der Waals surface area contributed by atoms with Gasteiger partial charge in [0.05, 0.1) is 11.5 Å². The summed E-state index contributed by atoms with van der Waals surface area (Å²) in [7, 11) is 0. The Bertz CT molecular complexity index is 168. The molecule has 1 aliphatic heterocycles.